The Kier molecular flexibility index (Phi) is 5.20. The Hall–Kier alpha value is -1.62. The zero-order valence-electron chi connectivity index (χ0n) is 18.5. The van der Waals surface area contributed by atoms with Gasteiger partial charge < -0.3 is 4.74 Å². The van der Waals surface area contributed by atoms with Crippen LogP contribution < -0.4 is 0 Å². The summed E-state index contributed by atoms with van der Waals surface area (Å²) in [6, 6.07) is 0. The van der Waals surface area contributed by atoms with Gasteiger partial charge in [0, 0.05) is 35.5 Å². The van der Waals surface area contributed by atoms with Crippen LogP contribution in [0.3, 0.4) is 0 Å². The Labute approximate surface area is 183 Å². The summed E-state index contributed by atoms with van der Waals surface area (Å²) in [4.78, 5) is 36.4. The molecule has 0 aromatic carbocycles. The number of allylic oxidation sites excluding steroid dienone is 3. The minimum Gasteiger partial charge on any atom is -0.462 e. The van der Waals surface area contributed by atoms with Gasteiger partial charge in [-0.15, -0.1) is 0 Å². The highest BCUT2D eigenvalue weighted by Gasteiger charge is 2.63. The third-order valence-electron chi connectivity index (χ3n) is 8.72. The third kappa shape index (κ3) is 2.99. The Balaban J connectivity index is 1.78. The molecule has 30 heavy (non-hydrogen) atoms. The molecule has 0 aromatic heterocycles. The zero-order chi connectivity index (χ0) is 22.0. The number of ether oxygens (including phenoxy) is 1. The van der Waals surface area contributed by atoms with E-state index in [1.165, 1.54) is 18.7 Å². The number of ketones is 1. The third-order valence-corrected chi connectivity index (χ3v) is 9.84. The molecule has 0 heterocycles. The molecule has 0 radical (unpaired) electrons. The van der Waals surface area contributed by atoms with E-state index in [1.807, 2.05) is 0 Å². The molecular formula is C25H32O4S. The van der Waals surface area contributed by atoms with Crippen LogP contribution in [0.5, 0.6) is 0 Å². The molecule has 0 bridgehead atoms. The summed E-state index contributed by atoms with van der Waals surface area (Å²) in [5.41, 5.74) is 2.13. The Morgan fingerprint density at radius 3 is 2.47 bits per heavy atom. The summed E-state index contributed by atoms with van der Waals surface area (Å²) in [6.07, 6.45) is 6.28. The van der Waals surface area contributed by atoms with E-state index in [1.54, 1.807) is 13.0 Å². The first kappa shape index (κ1) is 21.6. The maximum atomic E-state index is 12.5. The highest BCUT2D eigenvalue weighted by atomic mass is 32.2. The molecule has 0 amide bonds. The Morgan fingerprint density at radius 1 is 1.13 bits per heavy atom. The summed E-state index contributed by atoms with van der Waals surface area (Å²) in [7, 11) is 0. The molecular weight excluding hydrogens is 396 g/mol. The number of carbonyl (C=O) groups excluding carboxylic acids is 3. The van der Waals surface area contributed by atoms with Gasteiger partial charge in [0.05, 0.1) is 0 Å². The van der Waals surface area contributed by atoms with Crippen LogP contribution in [0.25, 0.3) is 0 Å². The van der Waals surface area contributed by atoms with E-state index in [-0.39, 0.29) is 39.1 Å². The molecule has 3 saturated carbocycles. The van der Waals surface area contributed by atoms with Crippen LogP contribution in [0.15, 0.2) is 36.0 Å². The van der Waals surface area contributed by atoms with Gasteiger partial charge in [0.2, 0.25) is 0 Å². The van der Waals surface area contributed by atoms with Crippen molar-refractivity contribution in [1.82, 2.24) is 0 Å². The molecule has 162 valence electrons. The summed E-state index contributed by atoms with van der Waals surface area (Å²) in [5.74, 6) is 0.748. The predicted octanol–water partition coefficient (Wildman–Crippen LogP) is 5.04. The second-order valence-electron chi connectivity index (χ2n) is 10.1. The molecule has 3 fully saturated rings. The van der Waals surface area contributed by atoms with Crippen LogP contribution in [-0.4, -0.2) is 28.2 Å². The Bertz CT molecular complexity index is 886. The van der Waals surface area contributed by atoms with Gasteiger partial charge in [-0.2, -0.15) is 0 Å². The summed E-state index contributed by atoms with van der Waals surface area (Å²) in [5, 5.41) is 0.259. The van der Waals surface area contributed by atoms with Crippen molar-refractivity contribution in [3.05, 3.63) is 36.0 Å². The van der Waals surface area contributed by atoms with Crippen molar-refractivity contribution in [3.8, 4) is 0 Å². The number of esters is 1. The summed E-state index contributed by atoms with van der Waals surface area (Å²) in [6.45, 7) is 16.0. The lowest BCUT2D eigenvalue weighted by Gasteiger charge is -2.60. The van der Waals surface area contributed by atoms with Crippen LogP contribution in [0, 0.1) is 28.6 Å². The SMILES string of the molecule is C=C1C(=C)[C@@]2(C)C(=CC1=O)CC(SC(C)=O)[C@@H]1[C@H]2CC[C@]2(C)C(OC(C)=O)CC[C@@H]12. The lowest BCUT2D eigenvalue weighted by molar-refractivity contribution is -0.156. The van der Waals surface area contributed by atoms with E-state index >= 15 is 0 Å². The topological polar surface area (TPSA) is 60.4 Å². The van der Waals surface area contributed by atoms with Crippen molar-refractivity contribution in [2.24, 2.45) is 28.6 Å². The molecule has 0 saturated heterocycles. The van der Waals surface area contributed by atoms with Crippen molar-refractivity contribution in [2.45, 2.75) is 71.2 Å². The van der Waals surface area contributed by atoms with Crippen molar-refractivity contribution in [1.29, 1.82) is 0 Å². The fourth-order valence-corrected chi connectivity index (χ4v) is 8.43. The van der Waals surface area contributed by atoms with E-state index in [0.29, 0.717) is 23.3 Å². The van der Waals surface area contributed by atoms with Gasteiger partial charge in [-0.25, -0.2) is 0 Å². The Morgan fingerprint density at radius 2 is 1.83 bits per heavy atom. The molecule has 5 heteroatoms. The van der Waals surface area contributed by atoms with E-state index in [0.717, 1.165) is 43.3 Å². The predicted molar refractivity (Wildman–Crippen MR) is 119 cm³/mol. The molecule has 7 atom stereocenters. The molecule has 0 spiro atoms. The van der Waals surface area contributed by atoms with Crippen molar-refractivity contribution < 1.29 is 19.1 Å². The number of thioether (sulfide) groups is 1. The van der Waals surface area contributed by atoms with Gasteiger partial charge in [-0.05, 0) is 61.5 Å². The first-order valence-corrected chi connectivity index (χ1v) is 11.9. The minimum absolute atomic E-state index is 0.0473. The zero-order valence-corrected chi connectivity index (χ0v) is 19.3. The highest BCUT2D eigenvalue weighted by molar-refractivity contribution is 8.14. The number of fused-ring (bicyclic) bond motifs is 5. The molecule has 4 aliphatic rings. The van der Waals surface area contributed by atoms with Crippen LogP contribution in [0.2, 0.25) is 0 Å². The van der Waals surface area contributed by atoms with Crippen molar-refractivity contribution in [3.63, 3.8) is 0 Å². The van der Waals surface area contributed by atoms with Gasteiger partial charge >= 0.3 is 5.97 Å². The molecule has 4 nitrogen and oxygen atoms in total. The number of rotatable bonds is 2. The van der Waals surface area contributed by atoms with E-state index in [9.17, 15) is 14.4 Å². The van der Waals surface area contributed by atoms with Gasteiger partial charge in [-0.3, -0.25) is 14.4 Å². The van der Waals surface area contributed by atoms with E-state index < -0.39 is 0 Å². The molecule has 4 aliphatic carbocycles. The first-order chi connectivity index (χ1) is 14.0. The van der Waals surface area contributed by atoms with Gasteiger partial charge in [0.15, 0.2) is 10.9 Å². The standard InChI is InChI=1S/C25H32O4S/c1-13-14(2)25(6)17(11-20(13)28)12-21(30-16(4)27)23-18-7-8-22(29-15(3)26)24(18,5)10-9-19(23)25/h11,18-19,21-23H,1-2,7-10,12H2,3-6H3/t18-,19+,21?,22?,23-,24-,25-/m0/s1. The second-order valence-corrected chi connectivity index (χ2v) is 11.5. The average molecular weight is 429 g/mol. The lowest BCUT2D eigenvalue weighted by Crippen LogP contribution is -2.56. The average Bonchev–Trinajstić information content (AvgIpc) is 2.98. The molecule has 0 aliphatic heterocycles. The molecule has 0 N–H and O–H groups in total. The van der Waals surface area contributed by atoms with E-state index in [4.69, 9.17) is 4.74 Å². The minimum atomic E-state index is -0.287. The highest BCUT2D eigenvalue weighted by Crippen LogP contribution is 2.68. The summed E-state index contributed by atoms with van der Waals surface area (Å²) < 4.78 is 5.76. The second kappa shape index (κ2) is 7.22. The van der Waals surface area contributed by atoms with Gasteiger partial charge in [0.1, 0.15) is 6.10 Å². The normalized spacial score (nSPS) is 42.7. The van der Waals surface area contributed by atoms with Crippen molar-refractivity contribution in [2.75, 3.05) is 0 Å². The number of carbonyl (C=O) groups is 3. The van der Waals surface area contributed by atoms with E-state index in [2.05, 4.69) is 27.0 Å². The molecule has 2 unspecified atom stereocenters. The van der Waals surface area contributed by atoms with Gasteiger partial charge in [-0.1, -0.05) is 44.3 Å². The largest absolute Gasteiger partial charge is 0.462 e. The lowest BCUT2D eigenvalue weighted by atomic mass is 9.46. The maximum Gasteiger partial charge on any atom is 0.302 e. The van der Waals surface area contributed by atoms with Crippen molar-refractivity contribution >= 4 is 28.6 Å². The van der Waals surface area contributed by atoms with Crippen LogP contribution in [-0.2, 0) is 19.1 Å². The monoisotopic (exact) mass is 428 g/mol. The van der Waals surface area contributed by atoms with Crippen LogP contribution >= 0.6 is 11.8 Å². The van der Waals surface area contributed by atoms with Crippen LogP contribution in [0.1, 0.15) is 59.8 Å². The van der Waals surface area contributed by atoms with Gasteiger partial charge in [0.25, 0.3) is 0 Å². The first-order valence-electron chi connectivity index (χ1n) is 11.0. The number of hydrogen-bond donors (Lipinski definition) is 0. The smallest absolute Gasteiger partial charge is 0.302 e. The van der Waals surface area contributed by atoms with Crippen LogP contribution in [0.4, 0.5) is 0 Å². The fourth-order valence-electron chi connectivity index (χ4n) is 7.20. The molecule has 0 aromatic rings. The maximum absolute atomic E-state index is 12.5. The fraction of sp³-hybridized carbons (Fsp3) is 0.640. The number of hydrogen-bond acceptors (Lipinski definition) is 5. The quantitative estimate of drug-likeness (QED) is 0.455. The molecule has 4 rings (SSSR count). The summed E-state index contributed by atoms with van der Waals surface area (Å²) >= 11 is 1.43.